The van der Waals surface area contributed by atoms with Gasteiger partial charge in [0.1, 0.15) is 6.04 Å². The molecule has 132 valence electrons. The molecular weight excluding hydrogens is 352 g/mol. The van der Waals surface area contributed by atoms with Crippen molar-refractivity contribution in [2.24, 2.45) is 0 Å². The molecule has 7 heteroatoms. The van der Waals surface area contributed by atoms with E-state index in [2.05, 4.69) is 15.4 Å². The Labute approximate surface area is 155 Å². The van der Waals surface area contributed by atoms with Crippen LogP contribution in [-0.4, -0.2) is 20.7 Å². The van der Waals surface area contributed by atoms with Crippen LogP contribution < -0.4 is 11.0 Å². The van der Waals surface area contributed by atoms with Crippen LogP contribution in [0.5, 0.6) is 0 Å². The summed E-state index contributed by atoms with van der Waals surface area (Å²) in [5, 5.41) is 7.33. The lowest BCUT2D eigenvalue weighted by molar-refractivity contribution is -0.119. The van der Waals surface area contributed by atoms with Crippen LogP contribution in [0.4, 0.5) is 5.69 Å². The Morgan fingerprint density at radius 2 is 1.92 bits per heavy atom. The maximum Gasteiger partial charge on any atom is 0.365 e. The summed E-state index contributed by atoms with van der Waals surface area (Å²) >= 11 is 5.91. The molecule has 6 nitrogen and oxygen atoms in total. The molecule has 1 aromatic heterocycles. The average Bonchev–Trinajstić information content (AvgIpc) is 2.61. The molecular formula is C19H17ClN4O2. The number of carbonyl (C=O) groups is 1. The molecule has 1 heterocycles. The molecule has 0 saturated heterocycles. The fraction of sp³-hybridized carbons (Fsp3) is 0.158. The maximum atomic E-state index is 12.4. The summed E-state index contributed by atoms with van der Waals surface area (Å²) in [6, 6.07) is 13.6. The third-order valence-corrected chi connectivity index (χ3v) is 4.14. The highest BCUT2D eigenvalue weighted by Crippen LogP contribution is 2.17. The number of hydrogen-bond donors (Lipinski definition) is 1. The topological polar surface area (TPSA) is 76.9 Å². The van der Waals surface area contributed by atoms with E-state index in [4.69, 9.17) is 11.6 Å². The SMILES string of the molecule is Cc1ccc(-c2cnn(C(C)C(=O)Nc3cccc(Cl)c3)c(=O)n2)cc1. The van der Waals surface area contributed by atoms with E-state index in [0.29, 0.717) is 16.4 Å². The highest BCUT2D eigenvalue weighted by Gasteiger charge is 2.18. The number of aryl methyl sites for hydroxylation is 1. The molecule has 0 radical (unpaired) electrons. The quantitative estimate of drug-likeness (QED) is 0.765. The second kappa shape index (κ2) is 7.49. The van der Waals surface area contributed by atoms with Gasteiger partial charge in [-0.25, -0.2) is 9.48 Å². The van der Waals surface area contributed by atoms with Crippen molar-refractivity contribution in [3.05, 3.63) is 75.8 Å². The maximum absolute atomic E-state index is 12.4. The molecule has 0 aliphatic heterocycles. The molecule has 26 heavy (non-hydrogen) atoms. The van der Waals surface area contributed by atoms with Crippen LogP contribution >= 0.6 is 11.6 Å². The largest absolute Gasteiger partial charge is 0.365 e. The van der Waals surface area contributed by atoms with E-state index in [1.165, 1.54) is 6.20 Å². The van der Waals surface area contributed by atoms with E-state index in [1.807, 2.05) is 31.2 Å². The van der Waals surface area contributed by atoms with Gasteiger partial charge < -0.3 is 5.32 Å². The normalized spacial score (nSPS) is 11.8. The molecule has 0 saturated carbocycles. The summed E-state index contributed by atoms with van der Waals surface area (Å²) in [6.45, 7) is 3.56. The summed E-state index contributed by atoms with van der Waals surface area (Å²) in [6.07, 6.45) is 1.48. The van der Waals surface area contributed by atoms with Crippen molar-refractivity contribution in [1.29, 1.82) is 0 Å². The number of carbonyl (C=O) groups excluding carboxylic acids is 1. The van der Waals surface area contributed by atoms with Crippen LogP contribution in [0.3, 0.4) is 0 Å². The minimum Gasteiger partial charge on any atom is -0.324 e. The Balaban J connectivity index is 1.81. The molecule has 2 aromatic carbocycles. The first kappa shape index (κ1) is 17.8. The van der Waals surface area contributed by atoms with E-state index in [1.54, 1.807) is 31.2 Å². The Hall–Kier alpha value is -2.99. The number of aromatic nitrogens is 3. The molecule has 0 fully saturated rings. The van der Waals surface area contributed by atoms with Crippen molar-refractivity contribution in [1.82, 2.24) is 14.8 Å². The third-order valence-electron chi connectivity index (χ3n) is 3.90. The van der Waals surface area contributed by atoms with Crippen molar-refractivity contribution in [2.45, 2.75) is 19.9 Å². The predicted molar refractivity (Wildman–Crippen MR) is 101 cm³/mol. The highest BCUT2D eigenvalue weighted by atomic mass is 35.5. The fourth-order valence-electron chi connectivity index (χ4n) is 2.40. The molecule has 3 aromatic rings. The zero-order valence-electron chi connectivity index (χ0n) is 14.3. The second-order valence-corrected chi connectivity index (χ2v) is 6.35. The Kier molecular flexibility index (Phi) is 5.14. The van der Waals surface area contributed by atoms with Gasteiger partial charge in [0.15, 0.2) is 0 Å². The van der Waals surface area contributed by atoms with Crippen LogP contribution in [0, 0.1) is 6.92 Å². The fourth-order valence-corrected chi connectivity index (χ4v) is 2.59. The van der Waals surface area contributed by atoms with Gasteiger partial charge in [0.25, 0.3) is 0 Å². The van der Waals surface area contributed by atoms with Crippen LogP contribution in [0.2, 0.25) is 5.02 Å². The minimum atomic E-state index is -0.818. The number of nitrogens with one attached hydrogen (secondary N) is 1. The summed E-state index contributed by atoms with van der Waals surface area (Å²) in [7, 11) is 0. The number of benzene rings is 2. The molecule has 1 atom stereocenters. The summed E-state index contributed by atoms with van der Waals surface area (Å²) in [5.41, 5.74) is 2.34. The van der Waals surface area contributed by atoms with E-state index >= 15 is 0 Å². The molecule has 1 unspecified atom stereocenters. The van der Waals surface area contributed by atoms with Gasteiger partial charge in [0.05, 0.1) is 11.9 Å². The van der Waals surface area contributed by atoms with E-state index in [-0.39, 0.29) is 5.91 Å². The van der Waals surface area contributed by atoms with Crippen molar-refractivity contribution in [3.8, 4) is 11.3 Å². The first-order valence-corrected chi connectivity index (χ1v) is 8.41. The number of nitrogens with zero attached hydrogens (tertiary/aromatic N) is 3. The Morgan fingerprint density at radius 1 is 1.19 bits per heavy atom. The van der Waals surface area contributed by atoms with Crippen molar-refractivity contribution < 1.29 is 4.79 Å². The summed E-state index contributed by atoms with van der Waals surface area (Å²) in [5.74, 6) is -0.383. The number of amides is 1. The van der Waals surface area contributed by atoms with E-state index in [0.717, 1.165) is 15.8 Å². The van der Waals surface area contributed by atoms with Gasteiger partial charge in [0, 0.05) is 16.3 Å². The summed E-state index contributed by atoms with van der Waals surface area (Å²) in [4.78, 5) is 28.7. The van der Waals surface area contributed by atoms with Gasteiger partial charge in [-0.15, -0.1) is 0 Å². The van der Waals surface area contributed by atoms with Crippen LogP contribution in [-0.2, 0) is 4.79 Å². The van der Waals surface area contributed by atoms with Gasteiger partial charge in [-0.3, -0.25) is 4.79 Å². The molecule has 3 rings (SSSR count). The van der Waals surface area contributed by atoms with Gasteiger partial charge in [-0.2, -0.15) is 10.1 Å². The first-order valence-electron chi connectivity index (χ1n) is 8.03. The van der Waals surface area contributed by atoms with Gasteiger partial charge in [-0.1, -0.05) is 47.5 Å². The smallest absolute Gasteiger partial charge is 0.324 e. The molecule has 0 aliphatic rings. The number of halogens is 1. The van der Waals surface area contributed by atoms with Crippen LogP contribution in [0.15, 0.2) is 59.5 Å². The standard InChI is InChI=1S/C19H17ClN4O2/c1-12-6-8-14(9-7-12)17-11-21-24(19(26)23-17)13(2)18(25)22-16-5-3-4-15(20)10-16/h3-11,13H,1-2H3,(H,22,25). The Morgan fingerprint density at radius 3 is 2.58 bits per heavy atom. The van der Waals surface area contributed by atoms with Gasteiger partial charge in [0.2, 0.25) is 5.91 Å². The molecule has 1 amide bonds. The first-order chi connectivity index (χ1) is 12.4. The molecule has 0 bridgehead atoms. The number of hydrogen-bond acceptors (Lipinski definition) is 4. The lowest BCUT2D eigenvalue weighted by atomic mass is 10.1. The zero-order chi connectivity index (χ0) is 18.7. The third kappa shape index (κ3) is 3.97. The van der Waals surface area contributed by atoms with Crippen molar-refractivity contribution in [3.63, 3.8) is 0 Å². The predicted octanol–water partition coefficient (Wildman–Crippen LogP) is 3.47. The lowest BCUT2D eigenvalue weighted by Gasteiger charge is -2.14. The average molecular weight is 369 g/mol. The minimum absolute atomic E-state index is 0.383. The lowest BCUT2D eigenvalue weighted by Crippen LogP contribution is -2.34. The van der Waals surface area contributed by atoms with E-state index < -0.39 is 11.7 Å². The number of anilines is 1. The van der Waals surface area contributed by atoms with Crippen molar-refractivity contribution in [2.75, 3.05) is 5.32 Å². The molecule has 1 N–H and O–H groups in total. The zero-order valence-corrected chi connectivity index (χ0v) is 15.1. The van der Waals surface area contributed by atoms with E-state index in [9.17, 15) is 9.59 Å². The second-order valence-electron chi connectivity index (χ2n) is 5.91. The highest BCUT2D eigenvalue weighted by molar-refractivity contribution is 6.30. The van der Waals surface area contributed by atoms with Gasteiger partial charge >= 0.3 is 5.69 Å². The van der Waals surface area contributed by atoms with Crippen LogP contribution in [0.1, 0.15) is 18.5 Å². The molecule has 0 spiro atoms. The van der Waals surface area contributed by atoms with Gasteiger partial charge in [-0.05, 0) is 32.0 Å². The molecule has 0 aliphatic carbocycles. The summed E-state index contributed by atoms with van der Waals surface area (Å²) < 4.78 is 1.05. The van der Waals surface area contributed by atoms with Crippen molar-refractivity contribution >= 4 is 23.2 Å². The monoisotopic (exact) mass is 368 g/mol. The Bertz CT molecular complexity index is 999. The van der Waals surface area contributed by atoms with Crippen LogP contribution in [0.25, 0.3) is 11.3 Å². The number of rotatable bonds is 4.